The van der Waals surface area contributed by atoms with Gasteiger partial charge in [-0.2, -0.15) is 0 Å². The Balaban J connectivity index is 2.91. The Kier molecular flexibility index (Phi) is 4.21. The summed E-state index contributed by atoms with van der Waals surface area (Å²) in [5, 5.41) is 11.3. The maximum atomic E-state index is 11.2. The van der Waals surface area contributed by atoms with Crippen LogP contribution in [-0.4, -0.2) is 28.8 Å². The van der Waals surface area contributed by atoms with Gasteiger partial charge in [0.05, 0.1) is 0 Å². The number of hydrogen-bond donors (Lipinski definition) is 2. The molecule has 0 atom stereocenters. The third-order valence-electron chi connectivity index (χ3n) is 1.93. The van der Waals surface area contributed by atoms with E-state index >= 15 is 0 Å². The first kappa shape index (κ1) is 12.7. The minimum Gasteiger partial charge on any atom is -0.478 e. The van der Waals surface area contributed by atoms with Crippen molar-refractivity contribution in [3.8, 4) is 0 Å². The minimum atomic E-state index is -1.16. The number of pyridine rings is 1. The van der Waals surface area contributed by atoms with Crippen LogP contribution in [0, 0.1) is 6.92 Å². The smallest absolute Gasteiger partial charge is 0.413 e. The molecule has 0 aliphatic heterocycles. The molecule has 0 aliphatic carbocycles. The molecule has 6 heteroatoms. The van der Waals surface area contributed by atoms with Crippen molar-refractivity contribution >= 4 is 17.9 Å². The van der Waals surface area contributed by atoms with Crippen molar-refractivity contribution in [1.82, 2.24) is 4.98 Å². The summed E-state index contributed by atoms with van der Waals surface area (Å²) in [6.07, 6.45) is 2.04. The zero-order valence-corrected chi connectivity index (χ0v) is 9.27. The maximum Gasteiger partial charge on any atom is 0.413 e. The van der Waals surface area contributed by atoms with Gasteiger partial charge < -0.3 is 9.84 Å². The molecule has 1 amide bonds. The molecule has 1 aromatic rings. The number of carbonyl (C=O) groups excluding carboxylic acids is 1. The second-order valence-corrected chi connectivity index (χ2v) is 3.17. The van der Waals surface area contributed by atoms with Crippen LogP contribution in [-0.2, 0) is 4.74 Å². The van der Waals surface area contributed by atoms with Crippen LogP contribution >= 0.6 is 0 Å². The lowest BCUT2D eigenvalue weighted by atomic mass is 10.1. The fraction of sp³-hybridized carbons (Fsp3) is 0.182. The summed E-state index contributed by atoms with van der Waals surface area (Å²) in [4.78, 5) is 26.0. The van der Waals surface area contributed by atoms with Gasteiger partial charge in [0.15, 0.2) is 0 Å². The van der Waals surface area contributed by atoms with E-state index in [1.165, 1.54) is 12.3 Å². The fourth-order valence-electron chi connectivity index (χ4n) is 1.19. The molecule has 6 nitrogen and oxygen atoms in total. The molecule has 1 heterocycles. The summed E-state index contributed by atoms with van der Waals surface area (Å²) in [5.74, 6) is -1.19. The van der Waals surface area contributed by atoms with Gasteiger partial charge in [-0.15, -0.1) is 0 Å². The van der Waals surface area contributed by atoms with Gasteiger partial charge in [0.1, 0.15) is 18.0 Å². The Morgan fingerprint density at radius 2 is 2.35 bits per heavy atom. The van der Waals surface area contributed by atoms with Crippen molar-refractivity contribution in [3.05, 3.63) is 36.0 Å². The largest absolute Gasteiger partial charge is 0.478 e. The number of aromatic carboxylic acids is 1. The average molecular weight is 236 g/mol. The number of ether oxygens (including phenoxy) is 1. The predicted octanol–water partition coefficient (Wildman–Crippen LogP) is 1.82. The van der Waals surface area contributed by atoms with E-state index in [1.54, 1.807) is 13.0 Å². The second-order valence-electron chi connectivity index (χ2n) is 3.17. The topological polar surface area (TPSA) is 88.5 Å². The monoisotopic (exact) mass is 236 g/mol. The molecule has 90 valence electrons. The van der Waals surface area contributed by atoms with Crippen molar-refractivity contribution in [2.75, 3.05) is 11.9 Å². The molecule has 0 fully saturated rings. The summed E-state index contributed by atoms with van der Waals surface area (Å²) >= 11 is 0. The lowest BCUT2D eigenvalue weighted by Gasteiger charge is -2.08. The van der Waals surface area contributed by atoms with Crippen LogP contribution in [0.3, 0.4) is 0 Å². The molecule has 0 radical (unpaired) electrons. The molecule has 2 N–H and O–H groups in total. The lowest BCUT2D eigenvalue weighted by Crippen LogP contribution is -2.18. The molecular formula is C11H12N2O4. The molecule has 17 heavy (non-hydrogen) atoms. The first-order valence-electron chi connectivity index (χ1n) is 4.79. The van der Waals surface area contributed by atoms with Crippen molar-refractivity contribution in [2.45, 2.75) is 6.92 Å². The standard InChI is InChI=1S/C11H12N2O4/c1-3-6-17-11(16)13-9-8(10(14)15)7(2)4-5-12-9/h3-5H,1,6H2,2H3,(H,14,15)(H,12,13,16). The quantitative estimate of drug-likeness (QED) is 0.778. The van der Waals surface area contributed by atoms with Gasteiger partial charge in [-0.3, -0.25) is 5.32 Å². The highest BCUT2D eigenvalue weighted by atomic mass is 16.5. The zero-order valence-electron chi connectivity index (χ0n) is 9.27. The van der Waals surface area contributed by atoms with Gasteiger partial charge in [0, 0.05) is 6.20 Å². The van der Waals surface area contributed by atoms with Crippen molar-refractivity contribution in [1.29, 1.82) is 0 Å². The van der Waals surface area contributed by atoms with E-state index in [0.717, 1.165) is 0 Å². The fourth-order valence-corrected chi connectivity index (χ4v) is 1.19. The van der Waals surface area contributed by atoms with E-state index in [-0.39, 0.29) is 18.0 Å². The minimum absolute atomic E-state index is 0.0356. The Hall–Kier alpha value is -2.37. The predicted molar refractivity (Wildman–Crippen MR) is 61.1 cm³/mol. The van der Waals surface area contributed by atoms with E-state index in [4.69, 9.17) is 5.11 Å². The number of anilines is 1. The molecule has 0 spiro atoms. The Labute approximate surface area is 97.9 Å². The first-order valence-corrected chi connectivity index (χ1v) is 4.79. The normalized spacial score (nSPS) is 9.47. The number of rotatable bonds is 4. The molecule has 0 aliphatic rings. The summed E-state index contributed by atoms with van der Waals surface area (Å²) in [6.45, 7) is 5.04. The molecular weight excluding hydrogens is 224 g/mol. The Morgan fingerprint density at radius 1 is 1.65 bits per heavy atom. The van der Waals surface area contributed by atoms with Crippen molar-refractivity contribution < 1.29 is 19.4 Å². The van der Waals surface area contributed by atoms with E-state index in [9.17, 15) is 9.59 Å². The van der Waals surface area contributed by atoms with E-state index in [1.807, 2.05) is 0 Å². The number of hydrogen-bond acceptors (Lipinski definition) is 4. The molecule has 0 bridgehead atoms. The molecule has 1 rings (SSSR count). The first-order chi connectivity index (χ1) is 8.06. The molecule has 0 unspecified atom stereocenters. The average Bonchev–Trinajstić information content (AvgIpc) is 2.25. The van der Waals surface area contributed by atoms with Crippen molar-refractivity contribution in [2.24, 2.45) is 0 Å². The highest BCUT2D eigenvalue weighted by Crippen LogP contribution is 2.16. The van der Waals surface area contributed by atoms with Crippen molar-refractivity contribution in [3.63, 3.8) is 0 Å². The Bertz CT molecular complexity index is 457. The third kappa shape index (κ3) is 3.30. The number of nitrogens with zero attached hydrogens (tertiary/aromatic N) is 1. The van der Waals surface area contributed by atoms with Gasteiger partial charge in [0.2, 0.25) is 0 Å². The van der Waals surface area contributed by atoms with E-state index in [0.29, 0.717) is 5.56 Å². The van der Waals surface area contributed by atoms with E-state index < -0.39 is 12.1 Å². The molecule has 0 saturated carbocycles. The number of carbonyl (C=O) groups is 2. The summed E-state index contributed by atoms with van der Waals surface area (Å²) < 4.78 is 4.67. The number of aryl methyl sites for hydroxylation is 1. The number of carboxylic acids is 1. The lowest BCUT2D eigenvalue weighted by molar-refractivity contribution is 0.0697. The van der Waals surface area contributed by atoms with Crippen LogP contribution in [0.5, 0.6) is 0 Å². The van der Waals surface area contributed by atoms with Gasteiger partial charge in [-0.25, -0.2) is 14.6 Å². The van der Waals surface area contributed by atoms with Crippen LogP contribution in [0.4, 0.5) is 10.6 Å². The SMILES string of the molecule is C=CCOC(=O)Nc1nccc(C)c1C(=O)O. The zero-order chi connectivity index (χ0) is 12.8. The number of amides is 1. The summed E-state index contributed by atoms with van der Waals surface area (Å²) in [6, 6.07) is 1.55. The molecule has 0 saturated heterocycles. The third-order valence-corrected chi connectivity index (χ3v) is 1.93. The van der Waals surface area contributed by atoms with E-state index in [2.05, 4.69) is 21.6 Å². The highest BCUT2D eigenvalue weighted by molar-refractivity contribution is 5.98. The highest BCUT2D eigenvalue weighted by Gasteiger charge is 2.16. The van der Waals surface area contributed by atoms with Crippen LogP contribution in [0.2, 0.25) is 0 Å². The van der Waals surface area contributed by atoms with Gasteiger partial charge in [-0.1, -0.05) is 12.7 Å². The van der Waals surface area contributed by atoms with Crippen LogP contribution < -0.4 is 5.32 Å². The van der Waals surface area contributed by atoms with Gasteiger partial charge >= 0.3 is 12.1 Å². The summed E-state index contributed by atoms with van der Waals surface area (Å²) in [7, 11) is 0. The van der Waals surface area contributed by atoms with Crippen LogP contribution in [0.15, 0.2) is 24.9 Å². The maximum absolute atomic E-state index is 11.2. The number of aromatic nitrogens is 1. The molecule has 1 aromatic heterocycles. The molecule has 0 aromatic carbocycles. The van der Waals surface area contributed by atoms with Gasteiger partial charge in [-0.05, 0) is 18.6 Å². The summed E-state index contributed by atoms with van der Waals surface area (Å²) in [5.41, 5.74) is 0.453. The van der Waals surface area contributed by atoms with Crippen LogP contribution in [0.25, 0.3) is 0 Å². The number of carboxylic acid groups (broad SMARTS) is 1. The number of nitrogens with one attached hydrogen (secondary N) is 1. The van der Waals surface area contributed by atoms with Gasteiger partial charge in [0.25, 0.3) is 0 Å². The van der Waals surface area contributed by atoms with Crippen LogP contribution in [0.1, 0.15) is 15.9 Å². The second kappa shape index (κ2) is 5.64. The Morgan fingerprint density at radius 3 is 2.94 bits per heavy atom.